The fourth-order valence-corrected chi connectivity index (χ4v) is 3.80. The fourth-order valence-electron chi connectivity index (χ4n) is 2.94. The van der Waals surface area contributed by atoms with Crippen LogP contribution < -0.4 is 5.30 Å². The number of aryl methyl sites for hydroxylation is 1. The molecule has 134 valence electrons. The largest absolute Gasteiger partial charge is 0.406 e. The van der Waals surface area contributed by atoms with Gasteiger partial charge in [0.1, 0.15) is 0 Å². The van der Waals surface area contributed by atoms with Gasteiger partial charge in [0.25, 0.3) is 0 Å². The molecule has 0 fully saturated rings. The summed E-state index contributed by atoms with van der Waals surface area (Å²) in [6, 6.07) is 10.5. The first-order chi connectivity index (χ1) is 11.4. The van der Waals surface area contributed by atoms with Crippen molar-refractivity contribution < 1.29 is 18.0 Å². The number of alkyl halides is 3. The number of ketones is 1. The topological polar surface area (TPSA) is 17.1 Å². The maximum atomic E-state index is 13.1. The minimum absolute atomic E-state index is 0.222. The molecule has 0 spiro atoms. The molecule has 2 rings (SSSR count). The lowest BCUT2D eigenvalue weighted by Gasteiger charge is -2.27. The summed E-state index contributed by atoms with van der Waals surface area (Å²) < 4.78 is 39.1. The van der Waals surface area contributed by atoms with Crippen LogP contribution in [-0.2, 0) is 5.41 Å². The molecule has 5 heteroatoms. The van der Waals surface area contributed by atoms with Crippen LogP contribution in [0.5, 0.6) is 0 Å². The van der Waals surface area contributed by atoms with Gasteiger partial charge >= 0.3 is 5.92 Å². The normalized spacial score (nSPS) is 12.8. The van der Waals surface area contributed by atoms with E-state index < -0.39 is 14.5 Å². The molecule has 0 heterocycles. The predicted octanol–water partition coefficient (Wildman–Crippen LogP) is 5.66. The standard InChI is InChI=1S/C20H22F3OP/c1-12-11-15(19(3,4)5)16(13(2)18(12)25-20(21,22)23)17(24)14-9-7-6-8-10-14/h6-11,25H,1-5H3. The van der Waals surface area contributed by atoms with Crippen LogP contribution in [0.25, 0.3) is 0 Å². The van der Waals surface area contributed by atoms with E-state index in [1.807, 2.05) is 20.8 Å². The Morgan fingerprint density at radius 2 is 1.56 bits per heavy atom. The third-order valence-corrected chi connectivity index (χ3v) is 5.42. The van der Waals surface area contributed by atoms with E-state index in [1.165, 1.54) is 0 Å². The van der Waals surface area contributed by atoms with Crippen molar-refractivity contribution in [2.45, 2.75) is 46.0 Å². The van der Waals surface area contributed by atoms with E-state index in [0.29, 0.717) is 22.3 Å². The minimum atomic E-state index is -4.29. The first kappa shape index (κ1) is 19.7. The van der Waals surface area contributed by atoms with E-state index in [9.17, 15) is 18.0 Å². The lowest BCUT2D eigenvalue weighted by atomic mass is 9.79. The molecular weight excluding hydrogens is 344 g/mol. The molecular formula is C20H22F3OP. The van der Waals surface area contributed by atoms with Crippen LogP contribution in [0.15, 0.2) is 36.4 Å². The van der Waals surface area contributed by atoms with Crippen molar-refractivity contribution >= 4 is 19.7 Å². The van der Waals surface area contributed by atoms with Gasteiger partial charge < -0.3 is 0 Å². The first-order valence-electron chi connectivity index (χ1n) is 8.01. The van der Waals surface area contributed by atoms with Crippen molar-refractivity contribution in [1.82, 2.24) is 0 Å². The van der Waals surface area contributed by atoms with Crippen molar-refractivity contribution in [2.24, 2.45) is 0 Å². The Labute approximate surface area is 148 Å². The second-order valence-electron chi connectivity index (χ2n) is 7.18. The molecule has 1 nitrogen and oxygen atoms in total. The van der Waals surface area contributed by atoms with Gasteiger partial charge in [-0.2, -0.15) is 13.2 Å². The van der Waals surface area contributed by atoms with Gasteiger partial charge in [-0.05, 0) is 41.3 Å². The van der Waals surface area contributed by atoms with Gasteiger partial charge in [-0.3, -0.25) is 4.79 Å². The van der Waals surface area contributed by atoms with Crippen molar-refractivity contribution in [2.75, 3.05) is 0 Å². The summed E-state index contributed by atoms with van der Waals surface area (Å²) in [6.45, 7) is 9.22. The molecule has 0 aliphatic heterocycles. The highest BCUT2D eigenvalue weighted by atomic mass is 31.1. The van der Waals surface area contributed by atoms with Gasteiger partial charge in [-0.1, -0.05) is 57.2 Å². The van der Waals surface area contributed by atoms with Crippen molar-refractivity contribution in [1.29, 1.82) is 0 Å². The zero-order valence-corrected chi connectivity index (χ0v) is 16.0. The van der Waals surface area contributed by atoms with Crippen molar-refractivity contribution in [3.05, 3.63) is 64.2 Å². The maximum Gasteiger partial charge on any atom is 0.406 e. The molecule has 0 radical (unpaired) electrons. The highest BCUT2D eigenvalue weighted by Gasteiger charge is 2.33. The van der Waals surface area contributed by atoms with E-state index in [2.05, 4.69) is 0 Å². The zero-order valence-electron chi connectivity index (χ0n) is 15.0. The number of carbonyl (C=O) groups excluding carboxylic acids is 1. The minimum Gasteiger partial charge on any atom is -0.289 e. The summed E-state index contributed by atoms with van der Waals surface area (Å²) in [7, 11) is -1.31. The Morgan fingerprint density at radius 3 is 2.04 bits per heavy atom. The highest BCUT2D eigenvalue weighted by Crippen LogP contribution is 2.40. The Bertz CT molecular complexity index is 787. The van der Waals surface area contributed by atoms with Crippen LogP contribution in [0.2, 0.25) is 0 Å². The summed E-state index contributed by atoms with van der Waals surface area (Å²) >= 11 is 0. The Balaban J connectivity index is 2.74. The number of hydrogen-bond acceptors (Lipinski definition) is 1. The zero-order chi connectivity index (χ0) is 19.0. The van der Waals surface area contributed by atoms with E-state index in [-0.39, 0.29) is 16.5 Å². The Morgan fingerprint density at radius 1 is 1.00 bits per heavy atom. The van der Waals surface area contributed by atoms with Crippen LogP contribution in [0.3, 0.4) is 0 Å². The van der Waals surface area contributed by atoms with Gasteiger partial charge in [-0.25, -0.2) is 0 Å². The molecule has 25 heavy (non-hydrogen) atoms. The van der Waals surface area contributed by atoms with Crippen LogP contribution in [0.1, 0.15) is 53.4 Å². The summed E-state index contributed by atoms with van der Waals surface area (Å²) in [5, 5.41) is 0.222. The molecule has 0 saturated carbocycles. The van der Waals surface area contributed by atoms with Gasteiger partial charge in [0.15, 0.2) is 5.78 Å². The second kappa shape index (κ2) is 6.92. The average molecular weight is 366 g/mol. The SMILES string of the molecule is Cc1cc(C(C)(C)C)c(C(=O)c2ccccc2)c(C)c1PC(F)(F)F. The van der Waals surface area contributed by atoms with Crippen LogP contribution in [-0.4, -0.2) is 11.7 Å². The van der Waals surface area contributed by atoms with E-state index >= 15 is 0 Å². The van der Waals surface area contributed by atoms with E-state index in [1.54, 1.807) is 50.2 Å². The van der Waals surface area contributed by atoms with Gasteiger partial charge in [0.05, 0.1) is 0 Å². The van der Waals surface area contributed by atoms with Crippen LogP contribution in [0, 0.1) is 13.8 Å². The van der Waals surface area contributed by atoms with E-state index in [4.69, 9.17) is 0 Å². The third-order valence-electron chi connectivity index (χ3n) is 4.11. The van der Waals surface area contributed by atoms with Crippen molar-refractivity contribution in [3.63, 3.8) is 0 Å². The first-order valence-corrected chi connectivity index (χ1v) is 9.01. The molecule has 2 aromatic rings. The molecule has 0 N–H and O–H groups in total. The Kier molecular flexibility index (Phi) is 5.44. The van der Waals surface area contributed by atoms with Crippen molar-refractivity contribution in [3.8, 4) is 0 Å². The van der Waals surface area contributed by atoms with E-state index in [0.717, 1.165) is 5.56 Å². The molecule has 0 aliphatic carbocycles. The fraction of sp³-hybridized carbons (Fsp3) is 0.350. The quantitative estimate of drug-likeness (QED) is 0.506. The third kappa shape index (κ3) is 4.49. The molecule has 1 unspecified atom stereocenters. The smallest absolute Gasteiger partial charge is 0.289 e. The molecule has 0 amide bonds. The summed E-state index contributed by atoms with van der Waals surface area (Å²) in [6.07, 6.45) is 0. The summed E-state index contributed by atoms with van der Waals surface area (Å²) in [5.41, 5.74) is 2.34. The number of halogens is 3. The second-order valence-corrected chi connectivity index (χ2v) is 8.50. The number of carbonyl (C=O) groups is 1. The number of hydrogen-bond donors (Lipinski definition) is 0. The molecule has 0 aromatic heterocycles. The highest BCUT2D eigenvalue weighted by molar-refractivity contribution is 7.48. The van der Waals surface area contributed by atoms with Crippen LogP contribution in [0.4, 0.5) is 13.2 Å². The molecule has 1 atom stereocenters. The molecule has 0 bridgehead atoms. The lowest BCUT2D eigenvalue weighted by molar-refractivity contribution is -0.0360. The Hall–Kier alpha value is -1.67. The number of rotatable bonds is 3. The lowest BCUT2D eigenvalue weighted by Crippen LogP contribution is -2.24. The van der Waals surface area contributed by atoms with Crippen LogP contribution >= 0.6 is 8.58 Å². The summed E-state index contributed by atoms with van der Waals surface area (Å²) in [5.74, 6) is -4.51. The van der Waals surface area contributed by atoms with Gasteiger partial charge in [0, 0.05) is 19.7 Å². The predicted molar refractivity (Wildman–Crippen MR) is 98.5 cm³/mol. The van der Waals surface area contributed by atoms with Gasteiger partial charge in [-0.15, -0.1) is 0 Å². The average Bonchev–Trinajstić information content (AvgIpc) is 2.49. The molecule has 0 saturated heterocycles. The summed E-state index contributed by atoms with van der Waals surface area (Å²) in [4.78, 5) is 13.1. The molecule has 2 aromatic carbocycles. The maximum absolute atomic E-state index is 13.1. The number of benzene rings is 2. The monoisotopic (exact) mass is 366 g/mol. The van der Waals surface area contributed by atoms with Gasteiger partial charge in [0.2, 0.25) is 0 Å². The molecule has 0 aliphatic rings.